The van der Waals surface area contributed by atoms with Crippen molar-refractivity contribution < 1.29 is 19.4 Å². The van der Waals surface area contributed by atoms with Gasteiger partial charge in [-0.15, -0.1) is 0 Å². The van der Waals surface area contributed by atoms with Gasteiger partial charge >= 0.3 is 6.09 Å². The summed E-state index contributed by atoms with van der Waals surface area (Å²) < 4.78 is 10.7. The highest BCUT2D eigenvalue weighted by Gasteiger charge is 2.23. The number of nitrogens with one attached hydrogen (secondary N) is 1. The summed E-state index contributed by atoms with van der Waals surface area (Å²) >= 11 is 0. The van der Waals surface area contributed by atoms with Crippen LogP contribution in [0.2, 0.25) is 0 Å². The van der Waals surface area contributed by atoms with E-state index in [-0.39, 0.29) is 6.04 Å². The summed E-state index contributed by atoms with van der Waals surface area (Å²) in [5.74, 6) is 1.50. The lowest BCUT2D eigenvalue weighted by atomic mass is 10.0. The van der Waals surface area contributed by atoms with Crippen molar-refractivity contribution in [3.63, 3.8) is 0 Å². The smallest absolute Gasteiger partial charge is 0.405 e. The molecule has 16 heavy (non-hydrogen) atoms. The Hall–Kier alpha value is -1.91. The lowest BCUT2D eigenvalue weighted by Gasteiger charge is -2.26. The average molecular weight is 223 g/mol. The van der Waals surface area contributed by atoms with E-state index in [1.807, 2.05) is 18.2 Å². The Bertz CT molecular complexity index is 391. The van der Waals surface area contributed by atoms with Crippen LogP contribution in [-0.2, 0) is 6.42 Å². The molecule has 1 aromatic carbocycles. The summed E-state index contributed by atoms with van der Waals surface area (Å²) in [6.07, 6.45) is -0.446. The van der Waals surface area contributed by atoms with Crippen LogP contribution in [0.15, 0.2) is 18.2 Å². The van der Waals surface area contributed by atoms with E-state index in [4.69, 9.17) is 14.6 Å². The number of amides is 1. The second-order valence-corrected chi connectivity index (χ2v) is 3.60. The van der Waals surface area contributed by atoms with Crippen LogP contribution >= 0.6 is 0 Å². The minimum atomic E-state index is -1.04. The topological polar surface area (TPSA) is 67.8 Å². The van der Waals surface area contributed by atoms with Crippen molar-refractivity contribution in [3.05, 3.63) is 23.8 Å². The molecule has 1 unspecified atom stereocenters. The lowest BCUT2D eigenvalue weighted by molar-refractivity contribution is 0.176. The van der Waals surface area contributed by atoms with Gasteiger partial charge in [-0.3, -0.25) is 0 Å². The third-order valence-corrected chi connectivity index (χ3v) is 2.53. The molecule has 86 valence electrons. The van der Waals surface area contributed by atoms with Gasteiger partial charge in [0.25, 0.3) is 0 Å². The quantitative estimate of drug-likeness (QED) is 0.792. The highest BCUT2D eigenvalue weighted by Crippen LogP contribution is 2.32. The largest absolute Gasteiger partial charge is 0.496 e. The molecule has 5 nitrogen and oxygen atoms in total. The molecular formula is C11H13NO4. The monoisotopic (exact) mass is 223 g/mol. The molecule has 2 N–H and O–H groups in total. The normalized spacial score (nSPS) is 18.2. The summed E-state index contributed by atoms with van der Waals surface area (Å²) in [6, 6.07) is 5.32. The zero-order chi connectivity index (χ0) is 11.5. The Kier molecular flexibility index (Phi) is 2.85. The molecule has 0 bridgehead atoms. The molecule has 1 heterocycles. The second-order valence-electron chi connectivity index (χ2n) is 3.60. The van der Waals surface area contributed by atoms with E-state index in [0.29, 0.717) is 13.0 Å². The van der Waals surface area contributed by atoms with Crippen LogP contribution in [0.3, 0.4) is 0 Å². The molecule has 0 saturated heterocycles. The maximum Gasteiger partial charge on any atom is 0.405 e. The molecule has 0 radical (unpaired) electrons. The van der Waals surface area contributed by atoms with Crippen molar-refractivity contribution in [2.75, 3.05) is 13.7 Å². The molecule has 1 aromatic rings. The third kappa shape index (κ3) is 2.03. The highest BCUT2D eigenvalue weighted by atomic mass is 16.5. The number of ether oxygens (including phenoxy) is 2. The SMILES string of the molecule is COc1cccc2c1CC(NC(=O)O)CO2. The van der Waals surface area contributed by atoms with Gasteiger partial charge in [0.15, 0.2) is 0 Å². The first-order chi connectivity index (χ1) is 7.70. The second kappa shape index (κ2) is 4.30. The molecule has 1 amide bonds. The van der Waals surface area contributed by atoms with Crippen molar-refractivity contribution in [2.45, 2.75) is 12.5 Å². The number of hydrogen-bond acceptors (Lipinski definition) is 3. The van der Waals surface area contributed by atoms with Crippen LogP contribution < -0.4 is 14.8 Å². The van der Waals surface area contributed by atoms with Crippen molar-refractivity contribution in [1.29, 1.82) is 0 Å². The Morgan fingerprint density at radius 3 is 3.12 bits per heavy atom. The molecule has 0 aliphatic carbocycles. The van der Waals surface area contributed by atoms with Crippen LogP contribution in [0.25, 0.3) is 0 Å². The van der Waals surface area contributed by atoms with Gasteiger partial charge in [0.2, 0.25) is 0 Å². The Balaban J connectivity index is 2.21. The summed E-state index contributed by atoms with van der Waals surface area (Å²) in [7, 11) is 1.59. The molecule has 0 spiro atoms. The number of benzene rings is 1. The third-order valence-electron chi connectivity index (χ3n) is 2.53. The Morgan fingerprint density at radius 1 is 1.62 bits per heavy atom. The first-order valence-corrected chi connectivity index (χ1v) is 4.99. The summed E-state index contributed by atoms with van der Waals surface area (Å²) in [6.45, 7) is 0.354. The molecule has 0 saturated carbocycles. The zero-order valence-corrected chi connectivity index (χ0v) is 8.90. The van der Waals surface area contributed by atoms with Gasteiger partial charge in [0.1, 0.15) is 18.1 Å². The number of carbonyl (C=O) groups is 1. The van der Waals surface area contributed by atoms with Crippen LogP contribution in [0.4, 0.5) is 4.79 Å². The van der Waals surface area contributed by atoms with Crippen LogP contribution in [-0.4, -0.2) is 31.0 Å². The number of fused-ring (bicyclic) bond motifs is 1. The fourth-order valence-electron chi connectivity index (χ4n) is 1.84. The predicted octanol–water partition coefficient (Wildman–Crippen LogP) is 1.27. The van der Waals surface area contributed by atoms with Gasteiger partial charge in [-0.25, -0.2) is 4.79 Å². The van der Waals surface area contributed by atoms with E-state index in [2.05, 4.69) is 5.32 Å². The van der Waals surface area contributed by atoms with E-state index in [0.717, 1.165) is 17.1 Å². The zero-order valence-electron chi connectivity index (χ0n) is 8.90. The van der Waals surface area contributed by atoms with Crippen molar-refractivity contribution in [3.8, 4) is 11.5 Å². The molecule has 1 aliphatic rings. The van der Waals surface area contributed by atoms with Crippen LogP contribution in [0.1, 0.15) is 5.56 Å². The van der Waals surface area contributed by atoms with Crippen molar-refractivity contribution >= 4 is 6.09 Å². The molecule has 1 aliphatic heterocycles. The summed E-state index contributed by atoms with van der Waals surface area (Å²) in [4.78, 5) is 10.5. The lowest BCUT2D eigenvalue weighted by Crippen LogP contribution is -2.42. The first kappa shape index (κ1) is 10.6. The molecule has 2 rings (SSSR count). The predicted molar refractivity (Wildman–Crippen MR) is 57.1 cm³/mol. The fraction of sp³-hybridized carbons (Fsp3) is 0.364. The Morgan fingerprint density at radius 2 is 2.44 bits per heavy atom. The van der Waals surface area contributed by atoms with Gasteiger partial charge in [0, 0.05) is 12.0 Å². The fourth-order valence-corrected chi connectivity index (χ4v) is 1.84. The summed E-state index contributed by atoms with van der Waals surface area (Å²) in [5.41, 5.74) is 0.912. The molecular weight excluding hydrogens is 210 g/mol. The highest BCUT2D eigenvalue weighted by molar-refractivity contribution is 5.65. The van der Waals surface area contributed by atoms with Gasteiger partial charge < -0.3 is 19.9 Å². The standard InChI is InChI=1S/C11H13NO4/c1-15-9-3-2-4-10-8(9)5-7(6-16-10)12-11(13)14/h2-4,7,12H,5-6H2,1H3,(H,13,14). The van der Waals surface area contributed by atoms with E-state index < -0.39 is 6.09 Å². The van der Waals surface area contributed by atoms with Gasteiger partial charge in [-0.05, 0) is 12.1 Å². The maximum atomic E-state index is 10.5. The van der Waals surface area contributed by atoms with Crippen LogP contribution in [0, 0.1) is 0 Å². The number of hydrogen-bond donors (Lipinski definition) is 2. The summed E-state index contributed by atoms with van der Waals surface area (Å²) in [5, 5.41) is 11.1. The minimum absolute atomic E-state index is 0.221. The van der Waals surface area contributed by atoms with Gasteiger partial charge in [-0.2, -0.15) is 0 Å². The van der Waals surface area contributed by atoms with E-state index in [1.54, 1.807) is 7.11 Å². The van der Waals surface area contributed by atoms with E-state index in [9.17, 15) is 4.79 Å². The average Bonchev–Trinajstić information content (AvgIpc) is 2.27. The number of methoxy groups -OCH3 is 1. The van der Waals surface area contributed by atoms with E-state index >= 15 is 0 Å². The van der Waals surface area contributed by atoms with E-state index in [1.165, 1.54) is 0 Å². The Labute approximate surface area is 93.0 Å². The maximum absolute atomic E-state index is 10.5. The molecule has 1 atom stereocenters. The van der Waals surface area contributed by atoms with Crippen molar-refractivity contribution in [2.24, 2.45) is 0 Å². The number of rotatable bonds is 2. The molecule has 5 heteroatoms. The van der Waals surface area contributed by atoms with Gasteiger partial charge in [-0.1, -0.05) is 6.07 Å². The van der Waals surface area contributed by atoms with Gasteiger partial charge in [0.05, 0.1) is 13.2 Å². The number of carboxylic acid groups (broad SMARTS) is 1. The minimum Gasteiger partial charge on any atom is -0.496 e. The molecule has 0 fully saturated rings. The van der Waals surface area contributed by atoms with Crippen molar-refractivity contribution in [1.82, 2.24) is 5.32 Å². The molecule has 0 aromatic heterocycles. The van der Waals surface area contributed by atoms with Crippen LogP contribution in [0.5, 0.6) is 11.5 Å². The first-order valence-electron chi connectivity index (χ1n) is 4.99.